The summed E-state index contributed by atoms with van der Waals surface area (Å²) in [4.78, 5) is 25.4. The number of halogens is 1. The van der Waals surface area contributed by atoms with Crippen molar-refractivity contribution in [2.45, 2.75) is 18.4 Å². The first kappa shape index (κ1) is 14.6. The highest BCUT2D eigenvalue weighted by molar-refractivity contribution is 9.10. The first-order chi connectivity index (χ1) is 11.0. The van der Waals surface area contributed by atoms with Gasteiger partial charge >= 0.3 is 0 Å². The third-order valence-corrected chi connectivity index (χ3v) is 5.29. The molecule has 116 valence electrons. The monoisotopic (exact) mass is 371 g/mol. The van der Waals surface area contributed by atoms with Crippen LogP contribution in [-0.2, 0) is 16.8 Å². The van der Waals surface area contributed by atoms with Crippen LogP contribution in [0.1, 0.15) is 27.9 Å². The van der Waals surface area contributed by atoms with Crippen molar-refractivity contribution in [2.24, 2.45) is 5.92 Å². The first-order valence-electron chi connectivity index (χ1n) is 7.48. The number of carbonyl (C=O) groups excluding carboxylic acids is 2. The molecule has 1 aliphatic carbocycles. The lowest BCUT2D eigenvalue weighted by molar-refractivity contribution is -0.138. The summed E-state index contributed by atoms with van der Waals surface area (Å²) in [5.41, 5.74) is 0.810. The van der Waals surface area contributed by atoms with E-state index in [2.05, 4.69) is 21.2 Å². The van der Waals surface area contributed by atoms with Crippen molar-refractivity contribution in [3.8, 4) is 0 Å². The van der Waals surface area contributed by atoms with Crippen molar-refractivity contribution in [3.05, 3.63) is 63.6 Å². The summed E-state index contributed by atoms with van der Waals surface area (Å²) in [7, 11) is 0. The molecule has 1 amide bonds. The summed E-state index contributed by atoms with van der Waals surface area (Å²) in [6, 6.07) is 12.6. The highest BCUT2D eigenvalue weighted by Gasteiger charge is 2.54. The van der Waals surface area contributed by atoms with Crippen LogP contribution in [0, 0.1) is 5.92 Å². The van der Waals surface area contributed by atoms with Gasteiger partial charge in [0.15, 0.2) is 11.4 Å². The summed E-state index contributed by atoms with van der Waals surface area (Å²) in [6.07, 6.45) is 1.13. The Hall–Kier alpha value is -1.98. The fraction of sp³-hybridized carbons (Fsp3) is 0.222. The lowest BCUT2D eigenvalue weighted by Crippen LogP contribution is -2.47. The minimum Gasteiger partial charge on any atom is -0.375 e. The van der Waals surface area contributed by atoms with E-state index in [1.165, 1.54) is 0 Å². The average molecular weight is 372 g/mol. The Balaban J connectivity index is 1.82. The van der Waals surface area contributed by atoms with E-state index in [0.29, 0.717) is 29.7 Å². The summed E-state index contributed by atoms with van der Waals surface area (Å²) in [6.45, 7) is 0. The lowest BCUT2D eigenvalue weighted by atomic mass is 9.71. The minimum atomic E-state index is -1.80. The fourth-order valence-electron chi connectivity index (χ4n) is 3.63. The highest BCUT2D eigenvalue weighted by atomic mass is 79.9. The Morgan fingerprint density at radius 1 is 1.17 bits per heavy atom. The Morgan fingerprint density at radius 2 is 1.96 bits per heavy atom. The zero-order valence-corrected chi connectivity index (χ0v) is 13.8. The molecule has 0 fully saturated rings. The zero-order valence-electron chi connectivity index (χ0n) is 12.2. The van der Waals surface area contributed by atoms with Gasteiger partial charge in [0.1, 0.15) is 0 Å². The Kier molecular flexibility index (Phi) is 3.18. The third-order valence-electron chi connectivity index (χ3n) is 4.79. The molecule has 0 radical (unpaired) electrons. The van der Waals surface area contributed by atoms with E-state index in [0.717, 1.165) is 10.0 Å². The second kappa shape index (κ2) is 5.01. The number of amides is 1. The average Bonchev–Trinajstić information content (AvgIpc) is 2.79. The van der Waals surface area contributed by atoms with Crippen LogP contribution in [0.3, 0.4) is 0 Å². The van der Waals surface area contributed by atoms with E-state index in [1.54, 1.807) is 24.3 Å². The van der Waals surface area contributed by atoms with Crippen LogP contribution in [-0.4, -0.2) is 16.8 Å². The Bertz CT molecular complexity index is 848. The molecule has 4 rings (SSSR count). The molecular formula is C18H14BrNO3. The summed E-state index contributed by atoms with van der Waals surface area (Å²) < 4.78 is 0.807. The molecule has 1 aliphatic heterocycles. The minimum absolute atomic E-state index is 0.166. The molecule has 0 spiro atoms. The lowest BCUT2D eigenvalue weighted by Gasteiger charge is -2.33. The van der Waals surface area contributed by atoms with Crippen molar-refractivity contribution in [1.29, 1.82) is 0 Å². The summed E-state index contributed by atoms with van der Waals surface area (Å²) in [5.74, 6) is -1.46. The summed E-state index contributed by atoms with van der Waals surface area (Å²) in [5, 5.41) is 13.9. The fourth-order valence-corrected chi connectivity index (χ4v) is 4.00. The predicted octanol–water partition coefficient (Wildman–Crippen LogP) is 3.03. The molecule has 2 atom stereocenters. The number of hydrogen-bond donors (Lipinski definition) is 2. The number of hydrogen-bond acceptors (Lipinski definition) is 3. The number of ketones is 1. The molecule has 0 bridgehead atoms. The number of Topliss-reactive ketones (excluding diaryl/α,β-unsaturated/α-hetero) is 1. The van der Waals surface area contributed by atoms with Crippen molar-refractivity contribution < 1.29 is 14.7 Å². The molecular weight excluding hydrogens is 358 g/mol. The molecule has 0 aromatic heterocycles. The molecule has 2 aliphatic rings. The SMILES string of the molecule is O=C1c2ccccc2CCC1C1(O)C(=O)Nc2cc(Br)ccc21. The molecule has 0 saturated heterocycles. The van der Waals surface area contributed by atoms with Gasteiger partial charge in [-0.2, -0.15) is 0 Å². The van der Waals surface area contributed by atoms with E-state index in [-0.39, 0.29) is 5.78 Å². The van der Waals surface area contributed by atoms with Gasteiger partial charge in [-0.05, 0) is 30.5 Å². The third kappa shape index (κ3) is 2.00. The zero-order chi connectivity index (χ0) is 16.2. The van der Waals surface area contributed by atoms with Crippen LogP contribution in [0.2, 0.25) is 0 Å². The van der Waals surface area contributed by atoms with E-state index in [1.807, 2.05) is 18.2 Å². The van der Waals surface area contributed by atoms with Crippen molar-refractivity contribution >= 4 is 33.3 Å². The molecule has 23 heavy (non-hydrogen) atoms. The van der Waals surface area contributed by atoms with Gasteiger partial charge in [-0.3, -0.25) is 9.59 Å². The number of carbonyl (C=O) groups is 2. The maximum absolute atomic E-state index is 12.9. The van der Waals surface area contributed by atoms with Crippen LogP contribution >= 0.6 is 15.9 Å². The van der Waals surface area contributed by atoms with Crippen LogP contribution in [0.15, 0.2) is 46.9 Å². The number of fused-ring (bicyclic) bond motifs is 2. The maximum atomic E-state index is 12.9. The number of aryl methyl sites for hydroxylation is 1. The van der Waals surface area contributed by atoms with Crippen molar-refractivity contribution in [1.82, 2.24) is 0 Å². The predicted molar refractivity (Wildman–Crippen MR) is 89.3 cm³/mol. The van der Waals surface area contributed by atoms with Gasteiger partial charge in [0.25, 0.3) is 5.91 Å². The maximum Gasteiger partial charge on any atom is 0.261 e. The van der Waals surface area contributed by atoms with Crippen LogP contribution in [0.25, 0.3) is 0 Å². The standard InChI is InChI=1S/C18H14BrNO3/c19-11-6-8-13-15(9-11)20-17(22)18(13,23)14-7-5-10-3-1-2-4-12(10)16(14)21/h1-4,6,8-9,14,23H,5,7H2,(H,20,22). The van der Waals surface area contributed by atoms with Gasteiger partial charge in [-0.25, -0.2) is 0 Å². The van der Waals surface area contributed by atoms with E-state index >= 15 is 0 Å². The van der Waals surface area contributed by atoms with Crippen molar-refractivity contribution in [3.63, 3.8) is 0 Å². The Labute approximate surface area is 141 Å². The molecule has 5 heteroatoms. The van der Waals surface area contributed by atoms with Crippen molar-refractivity contribution in [2.75, 3.05) is 5.32 Å². The molecule has 0 saturated carbocycles. The number of aliphatic hydroxyl groups is 1. The highest BCUT2D eigenvalue weighted by Crippen LogP contribution is 2.46. The van der Waals surface area contributed by atoms with Gasteiger partial charge in [0.2, 0.25) is 0 Å². The first-order valence-corrected chi connectivity index (χ1v) is 8.27. The molecule has 2 unspecified atom stereocenters. The molecule has 2 N–H and O–H groups in total. The van der Waals surface area contributed by atoms with Gasteiger partial charge in [-0.1, -0.05) is 46.3 Å². The van der Waals surface area contributed by atoms with Gasteiger partial charge in [0, 0.05) is 21.3 Å². The molecule has 2 aromatic carbocycles. The van der Waals surface area contributed by atoms with E-state index in [4.69, 9.17) is 0 Å². The molecule has 2 aromatic rings. The second-order valence-electron chi connectivity index (χ2n) is 6.02. The van der Waals surface area contributed by atoms with Gasteiger partial charge in [-0.15, -0.1) is 0 Å². The Morgan fingerprint density at radius 3 is 2.78 bits per heavy atom. The number of rotatable bonds is 1. The van der Waals surface area contributed by atoms with Gasteiger partial charge < -0.3 is 10.4 Å². The van der Waals surface area contributed by atoms with E-state index < -0.39 is 17.4 Å². The molecule has 4 nitrogen and oxygen atoms in total. The van der Waals surface area contributed by atoms with Crippen LogP contribution in [0.5, 0.6) is 0 Å². The largest absolute Gasteiger partial charge is 0.375 e. The topological polar surface area (TPSA) is 66.4 Å². The smallest absolute Gasteiger partial charge is 0.261 e. The van der Waals surface area contributed by atoms with E-state index in [9.17, 15) is 14.7 Å². The quantitative estimate of drug-likeness (QED) is 0.809. The normalized spacial score (nSPS) is 25.7. The summed E-state index contributed by atoms with van der Waals surface area (Å²) >= 11 is 3.35. The number of nitrogens with one attached hydrogen (secondary N) is 1. The number of benzene rings is 2. The second-order valence-corrected chi connectivity index (χ2v) is 6.94. The molecule has 1 heterocycles. The van der Waals surface area contributed by atoms with Crippen LogP contribution < -0.4 is 5.32 Å². The number of anilines is 1. The van der Waals surface area contributed by atoms with Crippen LogP contribution in [0.4, 0.5) is 5.69 Å². The van der Waals surface area contributed by atoms with Gasteiger partial charge in [0.05, 0.1) is 5.92 Å².